The summed E-state index contributed by atoms with van der Waals surface area (Å²) in [4.78, 5) is 19.5. The van der Waals surface area contributed by atoms with Crippen molar-refractivity contribution in [2.24, 2.45) is 0 Å². The van der Waals surface area contributed by atoms with E-state index in [1.54, 1.807) is 25.3 Å². The Hall–Kier alpha value is -2.74. The molecule has 0 fully saturated rings. The van der Waals surface area contributed by atoms with Crippen molar-refractivity contribution in [3.8, 4) is 11.1 Å². The number of aromatic carboxylic acids is 1. The fourth-order valence-corrected chi connectivity index (χ4v) is 3.09. The van der Waals surface area contributed by atoms with E-state index in [9.17, 15) is 13.2 Å². The maximum atomic E-state index is 11.6. The summed E-state index contributed by atoms with van der Waals surface area (Å²) in [7, 11) is -3.29. The lowest BCUT2D eigenvalue weighted by Gasteiger charge is -2.08. The number of sulfone groups is 1. The van der Waals surface area contributed by atoms with Gasteiger partial charge in [0, 0.05) is 24.2 Å². The van der Waals surface area contributed by atoms with Crippen LogP contribution in [0.4, 0.5) is 0 Å². The monoisotopic (exact) mass is 331 g/mol. The summed E-state index contributed by atoms with van der Waals surface area (Å²) in [6, 6.07) is 4.77. The zero-order valence-electron chi connectivity index (χ0n) is 12.4. The van der Waals surface area contributed by atoms with Gasteiger partial charge in [-0.2, -0.15) is 0 Å². The molecule has 118 valence electrons. The van der Waals surface area contributed by atoms with Crippen LogP contribution in [-0.4, -0.2) is 40.1 Å². The molecule has 3 aromatic rings. The predicted molar refractivity (Wildman–Crippen MR) is 83.2 cm³/mol. The SMILES string of the molecule is Cc1cc(S(C)(=O)=O)ccc1-c1cncn2cc(C(=O)O)nc12. The van der Waals surface area contributed by atoms with E-state index in [0.29, 0.717) is 11.2 Å². The third-order valence-corrected chi connectivity index (χ3v) is 4.61. The molecule has 1 N–H and O–H groups in total. The first-order chi connectivity index (χ1) is 10.8. The standard InChI is InChI=1S/C15H13N3O4S/c1-9-5-10(23(2,21)22)3-4-11(9)12-6-16-8-18-7-13(15(19)20)17-14(12)18/h3-8H,1-2H3,(H,19,20). The lowest BCUT2D eigenvalue weighted by molar-refractivity contribution is 0.0691. The number of nitrogens with zero attached hydrogens (tertiary/aromatic N) is 3. The molecular weight excluding hydrogens is 318 g/mol. The van der Waals surface area contributed by atoms with Crippen molar-refractivity contribution in [3.63, 3.8) is 0 Å². The minimum Gasteiger partial charge on any atom is -0.476 e. The summed E-state index contributed by atoms with van der Waals surface area (Å²) in [5.41, 5.74) is 2.50. The van der Waals surface area contributed by atoms with E-state index in [1.165, 1.54) is 23.0 Å². The van der Waals surface area contributed by atoms with Gasteiger partial charge in [-0.3, -0.25) is 4.40 Å². The van der Waals surface area contributed by atoms with Gasteiger partial charge in [-0.15, -0.1) is 0 Å². The van der Waals surface area contributed by atoms with Crippen LogP contribution in [0.5, 0.6) is 0 Å². The van der Waals surface area contributed by atoms with Crippen molar-refractivity contribution in [1.82, 2.24) is 14.4 Å². The molecule has 7 nitrogen and oxygen atoms in total. The number of hydrogen-bond donors (Lipinski definition) is 1. The third kappa shape index (κ3) is 2.68. The van der Waals surface area contributed by atoms with Gasteiger partial charge in [0.2, 0.25) is 0 Å². The van der Waals surface area contributed by atoms with E-state index in [1.807, 2.05) is 0 Å². The molecule has 0 aliphatic rings. The van der Waals surface area contributed by atoms with Crippen molar-refractivity contribution in [3.05, 3.63) is 48.2 Å². The zero-order chi connectivity index (χ0) is 16.8. The second kappa shape index (κ2) is 5.17. The highest BCUT2D eigenvalue weighted by molar-refractivity contribution is 7.90. The quantitative estimate of drug-likeness (QED) is 0.785. The number of benzene rings is 1. The van der Waals surface area contributed by atoms with Gasteiger partial charge in [0.25, 0.3) is 0 Å². The Morgan fingerprint density at radius 1 is 1.26 bits per heavy atom. The summed E-state index contributed by atoms with van der Waals surface area (Å²) in [5.74, 6) is -1.12. The number of carbonyl (C=O) groups is 1. The summed E-state index contributed by atoms with van der Waals surface area (Å²) in [6.45, 7) is 1.79. The molecule has 23 heavy (non-hydrogen) atoms. The number of fused-ring (bicyclic) bond motifs is 1. The molecule has 0 unspecified atom stereocenters. The number of carboxylic acid groups (broad SMARTS) is 1. The zero-order valence-corrected chi connectivity index (χ0v) is 13.2. The van der Waals surface area contributed by atoms with Crippen molar-refractivity contribution in [2.45, 2.75) is 11.8 Å². The molecule has 0 bridgehead atoms. The third-order valence-electron chi connectivity index (χ3n) is 3.50. The van der Waals surface area contributed by atoms with E-state index in [2.05, 4.69) is 9.97 Å². The number of rotatable bonds is 3. The highest BCUT2D eigenvalue weighted by Gasteiger charge is 2.15. The topological polar surface area (TPSA) is 102 Å². The Labute approximate surface area is 132 Å². The van der Waals surface area contributed by atoms with Gasteiger partial charge in [-0.25, -0.2) is 23.2 Å². The Morgan fingerprint density at radius 2 is 2.00 bits per heavy atom. The summed E-state index contributed by atoms with van der Waals surface area (Å²) >= 11 is 0. The van der Waals surface area contributed by atoms with Crippen LogP contribution in [0.25, 0.3) is 16.8 Å². The van der Waals surface area contributed by atoms with E-state index in [0.717, 1.165) is 17.4 Å². The van der Waals surface area contributed by atoms with Crippen molar-refractivity contribution < 1.29 is 18.3 Å². The molecule has 8 heteroatoms. The fourth-order valence-electron chi connectivity index (χ4n) is 2.38. The van der Waals surface area contributed by atoms with E-state index >= 15 is 0 Å². The molecule has 0 atom stereocenters. The molecule has 0 radical (unpaired) electrons. The number of hydrogen-bond acceptors (Lipinski definition) is 5. The number of imidazole rings is 1. The van der Waals surface area contributed by atoms with Crippen molar-refractivity contribution in [2.75, 3.05) is 6.26 Å². The highest BCUT2D eigenvalue weighted by atomic mass is 32.2. The molecule has 0 aliphatic carbocycles. The molecule has 0 spiro atoms. The Balaban J connectivity index is 2.23. The minimum absolute atomic E-state index is 0.0790. The number of carboxylic acids is 1. The lowest BCUT2D eigenvalue weighted by atomic mass is 10.0. The molecule has 2 aromatic heterocycles. The van der Waals surface area contributed by atoms with Gasteiger partial charge in [0.15, 0.2) is 15.5 Å². The first kappa shape index (κ1) is 15.2. The Morgan fingerprint density at radius 3 is 2.61 bits per heavy atom. The van der Waals surface area contributed by atoms with E-state index < -0.39 is 15.8 Å². The van der Waals surface area contributed by atoms with Crippen LogP contribution in [-0.2, 0) is 9.84 Å². The van der Waals surface area contributed by atoms with Gasteiger partial charge in [-0.1, -0.05) is 6.07 Å². The van der Waals surface area contributed by atoms with Crippen LogP contribution in [0.15, 0.2) is 41.8 Å². The average molecular weight is 331 g/mol. The molecular formula is C15H13N3O4S. The molecule has 1 aromatic carbocycles. The van der Waals surface area contributed by atoms with Gasteiger partial charge in [0.1, 0.15) is 12.0 Å². The van der Waals surface area contributed by atoms with Crippen LogP contribution in [0.1, 0.15) is 16.1 Å². The number of aromatic nitrogens is 3. The largest absolute Gasteiger partial charge is 0.476 e. The first-order valence-corrected chi connectivity index (χ1v) is 8.53. The second-order valence-electron chi connectivity index (χ2n) is 5.22. The fraction of sp³-hybridized carbons (Fsp3) is 0.133. The molecule has 2 heterocycles. The average Bonchev–Trinajstić information content (AvgIpc) is 2.90. The van der Waals surface area contributed by atoms with E-state index in [4.69, 9.17) is 5.11 Å². The molecule has 3 rings (SSSR count). The van der Waals surface area contributed by atoms with Gasteiger partial charge in [0.05, 0.1) is 4.90 Å². The summed E-state index contributed by atoms with van der Waals surface area (Å²) in [6.07, 6.45) is 5.58. The maximum Gasteiger partial charge on any atom is 0.356 e. The first-order valence-electron chi connectivity index (χ1n) is 6.64. The van der Waals surface area contributed by atoms with Crippen LogP contribution in [0, 0.1) is 6.92 Å². The molecule has 0 aliphatic heterocycles. The van der Waals surface area contributed by atoms with Gasteiger partial charge < -0.3 is 5.11 Å². The van der Waals surface area contributed by atoms with Crippen LogP contribution >= 0.6 is 0 Å². The van der Waals surface area contributed by atoms with E-state index in [-0.39, 0.29) is 10.6 Å². The lowest BCUT2D eigenvalue weighted by Crippen LogP contribution is -1.99. The predicted octanol–water partition coefficient (Wildman–Crippen LogP) is 1.81. The second-order valence-corrected chi connectivity index (χ2v) is 7.23. The molecule has 0 amide bonds. The van der Waals surface area contributed by atoms with Crippen molar-refractivity contribution >= 4 is 21.5 Å². The Bertz CT molecular complexity index is 1040. The van der Waals surface area contributed by atoms with Gasteiger partial charge in [-0.05, 0) is 30.2 Å². The normalized spacial score (nSPS) is 11.7. The minimum atomic E-state index is -3.29. The molecule has 0 saturated heterocycles. The van der Waals surface area contributed by atoms with Crippen LogP contribution < -0.4 is 0 Å². The Kier molecular flexibility index (Phi) is 3.41. The van der Waals surface area contributed by atoms with Crippen LogP contribution in [0.2, 0.25) is 0 Å². The summed E-state index contributed by atoms with van der Waals surface area (Å²) in [5, 5.41) is 9.06. The van der Waals surface area contributed by atoms with Gasteiger partial charge >= 0.3 is 5.97 Å². The molecule has 0 saturated carbocycles. The maximum absolute atomic E-state index is 11.6. The smallest absolute Gasteiger partial charge is 0.356 e. The van der Waals surface area contributed by atoms with Crippen LogP contribution in [0.3, 0.4) is 0 Å². The van der Waals surface area contributed by atoms with Crippen molar-refractivity contribution in [1.29, 1.82) is 0 Å². The number of aryl methyl sites for hydroxylation is 1. The summed E-state index contributed by atoms with van der Waals surface area (Å²) < 4.78 is 24.8. The highest BCUT2D eigenvalue weighted by Crippen LogP contribution is 2.28.